The quantitative estimate of drug-likeness (QED) is 0.771. The fourth-order valence-electron chi connectivity index (χ4n) is 1.95. The van der Waals surface area contributed by atoms with Gasteiger partial charge in [0.25, 0.3) is 0 Å². The summed E-state index contributed by atoms with van der Waals surface area (Å²) in [6.45, 7) is 9.76. The van der Waals surface area contributed by atoms with E-state index in [1.54, 1.807) is 7.11 Å². The number of benzene rings is 1. The largest absolute Gasteiger partial charge is 0.444 e. The minimum absolute atomic E-state index is 0.393. The van der Waals surface area contributed by atoms with E-state index >= 15 is 0 Å². The molecule has 0 aliphatic rings. The fourth-order valence-corrected chi connectivity index (χ4v) is 1.95. The van der Waals surface area contributed by atoms with Gasteiger partial charge in [0, 0.05) is 32.8 Å². The lowest BCUT2D eigenvalue weighted by Gasteiger charge is -2.19. The van der Waals surface area contributed by atoms with Crippen LogP contribution >= 0.6 is 0 Å². The number of rotatable bonds is 8. The summed E-state index contributed by atoms with van der Waals surface area (Å²) >= 11 is 0. The molecule has 0 spiro atoms. The van der Waals surface area contributed by atoms with Crippen LogP contribution in [0.15, 0.2) is 24.3 Å². The molecule has 23 heavy (non-hydrogen) atoms. The molecule has 0 saturated heterocycles. The van der Waals surface area contributed by atoms with Crippen molar-refractivity contribution >= 4 is 6.09 Å². The Balaban J connectivity index is 2.34. The molecule has 0 aliphatic heterocycles. The summed E-state index contributed by atoms with van der Waals surface area (Å²) in [4.78, 5) is 11.6. The standard InChI is InChI=1S/C18H30N2O3/c1-14(10-11-22-5)19-12-15-6-8-16(9-7-15)13-20-17(21)23-18(2,3)4/h6-9,14,19H,10-13H2,1-5H3,(H,20,21). The first-order valence-electron chi connectivity index (χ1n) is 8.07. The molecule has 1 aromatic rings. The second-order valence-electron chi connectivity index (χ2n) is 6.74. The molecule has 0 bridgehead atoms. The molecule has 0 aliphatic carbocycles. The van der Waals surface area contributed by atoms with Gasteiger partial charge in [-0.3, -0.25) is 0 Å². The maximum atomic E-state index is 11.6. The van der Waals surface area contributed by atoms with Crippen LogP contribution in [-0.4, -0.2) is 31.5 Å². The van der Waals surface area contributed by atoms with Gasteiger partial charge in [-0.2, -0.15) is 0 Å². The number of hydrogen-bond donors (Lipinski definition) is 2. The van der Waals surface area contributed by atoms with E-state index in [1.807, 2.05) is 32.9 Å². The van der Waals surface area contributed by atoms with Crippen LogP contribution < -0.4 is 10.6 Å². The summed E-state index contributed by atoms with van der Waals surface area (Å²) in [7, 11) is 1.72. The van der Waals surface area contributed by atoms with Gasteiger partial charge in [0.1, 0.15) is 5.60 Å². The van der Waals surface area contributed by atoms with Crippen LogP contribution in [0.4, 0.5) is 4.79 Å². The maximum absolute atomic E-state index is 11.6. The molecule has 5 nitrogen and oxygen atoms in total. The molecular weight excluding hydrogens is 292 g/mol. The van der Waals surface area contributed by atoms with E-state index in [4.69, 9.17) is 9.47 Å². The SMILES string of the molecule is COCCC(C)NCc1ccc(CNC(=O)OC(C)(C)C)cc1. The third-order valence-corrected chi connectivity index (χ3v) is 3.27. The Hall–Kier alpha value is -1.59. The maximum Gasteiger partial charge on any atom is 0.407 e. The van der Waals surface area contributed by atoms with Crippen LogP contribution in [0, 0.1) is 0 Å². The summed E-state index contributed by atoms with van der Waals surface area (Å²) in [5.74, 6) is 0. The summed E-state index contributed by atoms with van der Waals surface area (Å²) < 4.78 is 10.3. The topological polar surface area (TPSA) is 59.6 Å². The van der Waals surface area contributed by atoms with E-state index in [0.29, 0.717) is 12.6 Å². The van der Waals surface area contributed by atoms with Gasteiger partial charge in [0.05, 0.1) is 0 Å². The smallest absolute Gasteiger partial charge is 0.407 e. The highest BCUT2D eigenvalue weighted by Crippen LogP contribution is 2.08. The van der Waals surface area contributed by atoms with Gasteiger partial charge in [-0.15, -0.1) is 0 Å². The van der Waals surface area contributed by atoms with E-state index in [0.717, 1.165) is 25.1 Å². The van der Waals surface area contributed by atoms with Crippen LogP contribution in [-0.2, 0) is 22.6 Å². The highest BCUT2D eigenvalue weighted by Gasteiger charge is 2.15. The van der Waals surface area contributed by atoms with Gasteiger partial charge >= 0.3 is 6.09 Å². The average molecular weight is 322 g/mol. The van der Waals surface area contributed by atoms with Crippen molar-refractivity contribution in [1.29, 1.82) is 0 Å². The van der Waals surface area contributed by atoms with E-state index in [-0.39, 0.29) is 0 Å². The zero-order valence-electron chi connectivity index (χ0n) is 14.9. The third kappa shape index (κ3) is 9.21. The molecular formula is C18H30N2O3. The normalized spacial score (nSPS) is 12.7. The molecule has 0 saturated carbocycles. The monoisotopic (exact) mass is 322 g/mol. The van der Waals surface area contributed by atoms with Gasteiger partial charge in [-0.1, -0.05) is 24.3 Å². The lowest BCUT2D eigenvalue weighted by Crippen LogP contribution is -2.32. The first-order chi connectivity index (χ1) is 10.8. The molecule has 0 radical (unpaired) electrons. The van der Waals surface area contributed by atoms with Crippen molar-refractivity contribution in [2.45, 2.75) is 58.8 Å². The molecule has 2 N–H and O–H groups in total. The first-order valence-corrected chi connectivity index (χ1v) is 8.07. The Morgan fingerprint density at radius 3 is 2.22 bits per heavy atom. The van der Waals surface area contributed by atoms with E-state index < -0.39 is 11.7 Å². The molecule has 1 aromatic carbocycles. The van der Waals surface area contributed by atoms with Crippen molar-refractivity contribution in [2.24, 2.45) is 0 Å². The molecule has 1 unspecified atom stereocenters. The second kappa shape index (κ2) is 9.53. The van der Waals surface area contributed by atoms with Gasteiger partial charge in [-0.25, -0.2) is 4.79 Å². The van der Waals surface area contributed by atoms with Crippen molar-refractivity contribution in [1.82, 2.24) is 10.6 Å². The first kappa shape index (κ1) is 19.5. The van der Waals surface area contributed by atoms with Crippen molar-refractivity contribution in [3.63, 3.8) is 0 Å². The number of amides is 1. The van der Waals surface area contributed by atoms with E-state index in [1.165, 1.54) is 5.56 Å². The van der Waals surface area contributed by atoms with Crippen LogP contribution in [0.5, 0.6) is 0 Å². The Bertz CT molecular complexity index is 466. The number of ether oxygens (including phenoxy) is 2. The summed E-state index contributed by atoms with van der Waals surface area (Å²) in [5.41, 5.74) is 1.79. The number of hydrogen-bond acceptors (Lipinski definition) is 4. The number of methoxy groups -OCH3 is 1. The second-order valence-corrected chi connectivity index (χ2v) is 6.74. The van der Waals surface area contributed by atoms with Crippen molar-refractivity contribution in [2.75, 3.05) is 13.7 Å². The predicted molar refractivity (Wildman–Crippen MR) is 92.3 cm³/mol. The molecule has 0 heterocycles. The summed E-state index contributed by atoms with van der Waals surface area (Å²) in [5, 5.41) is 6.22. The van der Waals surface area contributed by atoms with Crippen molar-refractivity contribution < 1.29 is 14.3 Å². The number of nitrogens with one attached hydrogen (secondary N) is 2. The molecule has 1 amide bonds. The Kier molecular flexibility index (Phi) is 8.06. The molecule has 0 fully saturated rings. The van der Waals surface area contributed by atoms with Gasteiger partial charge in [0.2, 0.25) is 0 Å². The zero-order chi connectivity index (χ0) is 17.3. The zero-order valence-corrected chi connectivity index (χ0v) is 14.9. The average Bonchev–Trinajstić information content (AvgIpc) is 2.48. The highest BCUT2D eigenvalue weighted by molar-refractivity contribution is 5.67. The lowest BCUT2D eigenvalue weighted by molar-refractivity contribution is 0.0523. The van der Waals surface area contributed by atoms with Crippen LogP contribution in [0.25, 0.3) is 0 Å². The number of carbonyl (C=O) groups is 1. The molecule has 5 heteroatoms. The van der Waals surface area contributed by atoms with Crippen LogP contribution in [0.2, 0.25) is 0 Å². The highest BCUT2D eigenvalue weighted by atomic mass is 16.6. The Morgan fingerprint density at radius 1 is 1.13 bits per heavy atom. The predicted octanol–water partition coefficient (Wildman–Crippen LogP) is 3.23. The van der Waals surface area contributed by atoms with Crippen LogP contribution in [0.1, 0.15) is 45.2 Å². The van der Waals surface area contributed by atoms with E-state index in [9.17, 15) is 4.79 Å². The van der Waals surface area contributed by atoms with Crippen molar-refractivity contribution in [3.05, 3.63) is 35.4 Å². The van der Waals surface area contributed by atoms with Crippen molar-refractivity contribution in [3.8, 4) is 0 Å². The van der Waals surface area contributed by atoms with Gasteiger partial charge in [0.15, 0.2) is 0 Å². The molecule has 0 aromatic heterocycles. The Labute approximate surface area is 139 Å². The minimum Gasteiger partial charge on any atom is -0.444 e. The minimum atomic E-state index is -0.473. The lowest BCUT2D eigenvalue weighted by atomic mass is 10.1. The van der Waals surface area contributed by atoms with Crippen LogP contribution in [0.3, 0.4) is 0 Å². The molecule has 130 valence electrons. The number of alkyl carbamates (subject to hydrolysis) is 1. The molecule has 1 rings (SSSR count). The Morgan fingerprint density at radius 2 is 1.70 bits per heavy atom. The summed E-state index contributed by atoms with van der Waals surface area (Å²) in [6, 6.07) is 8.61. The molecule has 1 atom stereocenters. The summed E-state index contributed by atoms with van der Waals surface area (Å²) in [6.07, 6.45) is 0.601. The van der Waals surface area contributed by atoms with E-state index in [2.05, 4.69) is 29.7 Å². The third-order valence-electron chi connectivity index (χ3n) is 3.27. The van der Waals surface area contributed by atoms with Gasteiger partial charge < -0.3 is 20.1 Å². The number of carbonyl (C=O) groups excluding carboxylic acids is 1. The van der Waals surface area contributed by atoms with Gasteiger partial charge in [-0.05, 0) is 45.2 Å². The fraction of sp³-hybridized carbons (Fsp3) is 0.611.